The fourth-order valence-electron chi connectivity index (χ4n) is 1.60. The number of hydrogen-bond donors (Lipinski definition) is 1. The number of nitro benzene ring substituents is 1. The lowest BCUT2D eigenvalue weighted by molar-refractivity contribution is -0.385. The number of halogens is 1. The molecule has 0 aliphatic rings. The molecular formula is C13H10INO4. The summed E-state index contributed by atoms with van der Waals surface area (Å²) in [5, 5.41) is 20.1. The summed E-state index contributed by atoms with van der Waals surface area (Å²) in [4.78, 5) is 10.2. The first-order chi connectivity index (χ1) is 8.95. The SMILES string of the molecule is Cc1cc(O)cc(Oc2ccc([N+](=O)[O-])cc2I)c1. The van der Waals surface area contributed by atoms with Gasteiger partial charge >= 0.3 is 0 Å². The van der Waals surface area contributed by atoms with Gasteiger partial charge in [0.05, 0.1) is 8.49 Å². The summed E-state index contributed by atoms with van der Waals surface area (Å²) in [7, 11) is 0. The molecule has 2 rings (SSSR count). The Labute approximate surface area is 123 Å². The molecule has 0 radical (unpaired) electrons. The molecule has 0 atom stereocenters. The number of aromatic hydroxyl groups is 1. The van der Waals surface area contributed by atoms with Gasteiger partial charge in [-0.15, -0.1) is 0 Å². The Morgan fingerprint density at radius 1 is 1.26 bits per heavy atom. The van der Waals surface area contributed by atoms with E-state index in [1.165, 1.54) is 18.2 Å². The molecule has 5 nitrogen and oxygen atoms in total. The van der Waals surface area contributed by atoms with E-state index >= 15 is 0 Å². The lowest BCUT2D eigenvalue weighted by Crippen LogP contribution is -1.92. The molecule has 0 bridgehead atoms. The second kappa shape index (κ2) is 5.43. The van der Waals surface area contributed by atoms with Gasteiger partial charge in [0.15, 0.2) is 0 Å². The van der Waals surface area contributed by atoms with Crippen molar-refractivity contribution in [2.45, 2.75) is 6.92 Å². The van der Waals surface area contributed by atoms with Crippen LogP contribution in [0.1, 0.15) is 5.56 Å². The highest BCUT2D eigenvalue weighted by atomic mass is 127. The van der Waals surface area contributed by atoms with Crippen LogP contribution < -0.4 is 4.74 Å². The van der Waals surface area contributed by atoms with Crippen molar-refractivity contribution in [3.63, 3.8) is 0 Å². The number of aryl methyl sites for hydroxylation is 1. The van der Waals surface area contributed by atoms with Crippen molar-refractivity contribution in [1.29, 1.82) is 0 Å². The van der Waals surface area contributed by atoms with Crippen LogP contribution in [-0.2, 0) is 0 Å². The quantitative estimate of drug-likeness (QED) is 0.503. The largest absolute Gasteiger partial charge is 0.508 e. The van der Waals surface area contributed by atoms with Crippen LogP contribution in [0.15, 0.2) is 36.4 Å². The fourth-order valence-corrected chi connectivity index (χ4v) is 2.21. The number of ether oxygens (including phenoxy) is 1. The number of nitro groups is 1. The number of benzene rings is 2. The lowest BCUT2D eigenvalue weighted by atomic mass is 10.2. The number of rotatable bonds is 3. The van der Waals surface area contributed by atoms with E-state index in [1.807, 2.05) is 29.5 Å². The zero-order valence-electron chi connectivity index (χ0n) is 9.96. The molecule has 0 aliphatic heterocycles. The van der Waals surface area contributed by atoms with Crippen molar-refractivity contribution < 1.29 is 14.8 Å². The molecule has 0 saturated heterocycles. The molecule has 2 aromatic carbocycles. The molecule has 0 unspecified atom stereocenters. The van der Waals surface area contributed by atoms with Crippen molar-refractivity contribution in [3.05, 3.63) is 55.6 Å². The predicted molar refractivity (Wildman–Crippen MR) is 78.7 cm³/mol. The van der Waals surface area contributed by atoms with Crippen LogP contribution in [0, 0.1) is 20.6 Å². The molecule has 0 fully saturated rings. The van der Waals surface area contributed by atoms with Gasteiger partial charge in [-0.25, -0.2) is 0 Å². The summed E-state index contributed by atoms with van der Waals surface area (Å²) < 4.78 is 6.25. The second-order valence-electron chi connectivity index (χ2n) is 3.98. The third kappa shape index (κ3) is 3.34. The van der Waals surface area contributed by atoms with E-state index in [1.54, 1.807) is 18.2 Å². The Kier molecular flexibility index (Phi) is 3.89. The average Bonchev–Trinajstić information content (AvgIpc) is 2.30. The summed E-state index contributed by atoms with van der Waals surface area (Å²) in [5.74, 6) is 1.12. The van der Waals surface area contributed by atoms with Gasteiger partial charge in [0.1, 0.15) is 17.2 Å². The molecule has 0 spiro atoms. The van der Waals surface area contributed by atoms with Crippen LogP contribution in [-0.4, -0.2) is 10.0 Å². The van der Waals surface area contributed by atoms with Crippen LogP contribution in [0.4, 0.5) is 5.69 Å². The molecule has 0 aliphatic carbocycles. The minimum atomic E-state index is -0.454. The van der Waals surface area contributed by atoms with Gasteiger partial charge in [0.2, 0.25) is 0 Å². The molecule has 6 heteroatoms. The number of phenolic OH excluding ortho intramolecular Hbond substituents is 1. The molecule has 98 valence electrons. The van der Waals surface area contributed by atoms with Crippen molar-refractivity contribution in [2.24, 2.45) is 0 Å². The van der Waals surface area contributed by atoms with Crippen molar-refractivity contribution in [2.75, 3.05) is 0 Å². The van der Waals surface area contributed by atoms with E-state index in [4.69, 9.17) is 4.74 Å². The number of hydrogen-bond acceptors (Lipinski definition) is 4. The zero-order chi connectivity index (χ0) is 14.0. The van der Waals surface area contributed by atoms with Gasteiger partial charge in [0.25, 0.3) is 5.69 Å². The Bertz CT molecular complexity index is 622. The first kappa shape index (κ1) is 13.6. The topological polar surface area (TPSA) is 72.6 Å². The monoisotopic (exact) mass is 371 g/mol. The van der Waals surface area contributed by atoms with Gasteiger partial charge in [-0.1, -0.05) is 0 Å². The summed E-state index contributed by atoms with van der Waals surface area (Å²) in [6, 6.07) is 9.24. The van der Waals surface area contributed by atoms with Crippen molar-refractivity contribution >= 4 is 28.3 Å². The lowest BCUT2D eigenvalue weighted by Gasteiger charge is -2.08. The maximum absolute atomic E-state index is 10.6. The van der Waals surface area contributed by atoms with E-state index in [0.717, 1.165) is 5.56 Å². The maximum Gasteiger partial charge on any atom is 0.270 e. The summed E-state index contributed by atoms with van der Waals surface area (Å²) in [5.41, 5.74) is 0.885. The minimum Gasteiger partial charge on any atom is -0.508 e. The van der Waals surface area contributed by atoms with Gasteiger partial charge in [-0.05, 0) is 53.3 Å². The van der Waals surface area contributed by atoms with Gasteiger partial charge in [-0.2, -0.15) is 0 Å². The summed E-state index contributed by atoms with van der Waals surface area (Å²) in [6.45, 7) is 1.84. The Morgan fingerprint density at radius 3 is 2.58 bits per heavy atom. The summed E-state index contributed by atoms with van der Waals surface area (Å²) in [6.07, 6.45) is 0. The third-order valence-electron chi connectivity index (χ3n) is 2.39. The van der Waals surface area contributed by atoms with Crippen LogP contribution >= 0.6 is 22.6 Å². The normalized spacial score (nSPS) is 10.2. The number of non-ortho nitro benzene ring substituents is 1. The molecular weight excluding hydrogens is 361 g/mol. The van der Waals surface area contributed by atoms with Crippen LogP contribution in [0.2, 0.25) is 0 Å². The average molecular weight is 371 g/mol. The van der Waals surface area contributed by atoms with E-state index < -0.39 is 4.92 Å². The second-order valence-corrected chi connectivity index (χ2v) is 5.14. The molecule has 0 heterocycles. The Hall–Kier alpha value is -1.83. The highest BCUT2D eigenvalue weighted by Gasteiger charge is 2.11. The summed E-state index contributed by atoms with van der Waals surface area (Å²) >= 11 is 1.97. The highest BCUT2D eigenvalue weighted by Crippen LogP contribution is 2.31. The standard InChI is InChI=1S/C13H10INO4/c1-8-4-10(16)7-11(5-8)19-13-3-2-9(15(17)18)6-12(13)14/h2-7,16H,1H3. The third-order valence-corrected chi connectivity index (χ3v) is 3.23. The van der Waals surface area contributed by atoms with Gasteiger partial charge in [-0.3, -0.25) is 10.1 Å². The van der Waals surface area contributed by atoms with Crippen molar-refractivity contribution in [1.82, 2.24) is 0 Å². The van der Waals surface area contributed by atoms with Gasteiger partial charge in [0, 0.05) is 18.2 Å². The smallest absolute Gasteiger partial charge is 0.270 e. The Balaban J connectivity index is 2.30. The number of phenols is 1. The fraction of sp³-hybridized carbons (Fsp3) is 0.0769. The van der Waals surface area contributed by atoms with Crippen LogP contribution in [0.5, 0.6) is 17.2 Å². The Morgan fingerprint density at radius 2 is 2.00 bits per heavy atom. The number of nitrogens with zero attached hydrogens (tertiary/aromatic N) is 1. The predicted octanol–water partition coefficient (Wildman–Crippen LogP) is 4.01. The molecule has 2 aromatic rings. The van der Waals surface area contributed by atoms with Crippen LogP contribution in [0.25, 0.3) is 0 Å². The molecule has 1 N–H and O–H groups in total. The van der Waals surface area contributed by atoms with E-state index in [9.17, 15) is 15.2 Å². The first-order valence-corrected chi connectivity index (χ1v) is 6.46. The van der Waals surface area contributed by atoms with E-state index in [2.05, 4.69) is 0 Å². The van der Waals surface area contributed by atoms with Crippen molar-refractivity contribution in [3.8, 4) is 17.2 Å². The highest BCUT2D eigenvalue weighted by molar-refractivity contribution is 14.1. The van der Waals surface area contributed by atoms with Crippen LogP contribution in [0.3, 0.4) is 0 Å². The van der Waals surface area contributed by atoms with Gasteiger partial charge < -0.3 is 9.84 Å². The van der Waals surface area contributed by atoms with E-state index in [-0.39, 0.29) is 11.4 Å². The first-order valence-electron chi connectivity index (χ1n) is 5.38. The zero-order valence-corrected chi connectivity index (χ0v) is 12.1. The molecule has 0 amide bonds. The molecule has 19 heavy (non-hydrogen) atoms. The molecule has 0 aromatic heterocycles. The van der Waals surface area contributed by atoms with E-state index in [0.29, 0.717) is 15.1 Å². The molecule has 0 saturated carbocycles. The minimum absolute atomic E-state index is 0.0174. The maximum atomic E-state index is 10.6.